The highest BCUT2D eigenvalue weighted by Gasteiger charge is 2.20. The standard InChI is InChI=1S/C10H20N2O2.ClH/c1-8(11)10(13)12(2)7-9-5-3-4-6-14-9;/h8-9H,3-7,11H2,1-2H3;1H/t8-,9?;/m0./s1. The molecule has 15 heavy (non-hydrogen) atoms. The van der Waals surface area contributed by atoms with Crippen LogP contribution in [0.5, 0.6) is 0 Å². The molecule has 0 aromatic carbocycles. The number of carbonyl (C=O) groups is 1. The number of nitrogens with two attached hydrogens (primary N) is 1. The summed E-state index contributed by atoms with van der Waals surface area (Å²) in [5.74, 6) is -0.0147. The highest BCUT2D eigenvalue weighted by Crippen LogP contribution is 2.13. The van der Waals surface area contributed by atoms with Gasteiger partial charge in [0.25, 0.3) is 0 Å². The molecule has 1 heterocycles. The molecular weight excluding hydrogens is 216 g/mol. The maximum Gasteiger partial charge on any atom is 0.239 e. The maximum atomic E-state index is 11.5. The number of halogens is 1. The van der Waals surface area contributed by atoms with Crippen LogP contribution in [-0.2, 0) is 9.53 Å². The summed E-state index contributed by atoms with van der Waals surface area (Å²) >= 11 is 0. The summed E-state index contributed by atoms with van der Waals surface area (Å²) < 4.78 is 5.54. The minimum Gasteiger partial charge on any atom is -0.376 e. The Morgan fingerprint density at radius 3 is 2.73 bits per heavy atom. The van der Waals surface area contributed by atoms with E-state index in [-0.39, 0.29) is 24.4 Å². The van der Waals surface area contributed by atoms with Gasteiger partial charge in [0.1, 0.15) is 0 Å². The van der Waals surface area contributed by atoms with Crippen molar-refractivity contribution in [3.8, 4) is 0 Å². The average molecular weight is 237 g/mol. The van der Waals surface area contributed by atoms with Gasteiger partial charge in [0.15, 0.2) is 0 Å². The van der Waals surface area contributed by atoms with Crippen molar-refractivity contribution >= 4 is 18.3 Å². The molecule has 0 bridgehead atoms. The van der Waals surface area contributed by atoms with E-state index in [9.17, 15) is 4.79 Å². The van der Waals surface area contributed by atoms with Gasteiger partial charge >= 0.3 is 0 Å². The summed E-state index contributed by atoms with van der Waals surface area (Å²) in [4.78, 5) is 13.1. The van der Waals surface area contributed by atoms with E-state index in [0.717, 1.165) is 19.4 Å². The summed E-state index contributed by atoms with van der Waals surface area (Å²) in [5.41, 5.74) is 5.51. The molecule has 1 aliphatic rings. The van der Waals surface area contributed by atoms with Crippen molar-refractivity contribution in [1.29, 1.82) is 0 Å². The minimum absolute atomic E-state index is 0. The molecule has 1 unspecified atom stereocenters. The van der Waals surface area contributed by atoms with Crippen LogP contribution < -0.4 is 5.73 Å². The molecular formula is C10H21ClN2O2. The lowest BCUT2D eigenvalue weighted by atomic mass is 10.1. The first-order chi connectivity index (χ1) is 6.61. The fraction of sp³-hybridized carbons (Fsp3) is 0.900. The number of carbonyl (C=O) groups excluding carboxylic acids is 1. The van der Waals surface area contributed by atoms with E-state index in [0.29, 0.717) is 6.54 Å². The van der Waals surface area contributed by atoms with Gasteiger partial charge < -0.3 is 15.4 Å². The predicted octanol–water partition coefficient (Wildman–Crippen LogP) is 0.783. The average Bonchev–Trinajstić information content (AvgIpc) is 2.18. The summed E-state index contributed by atoms with van der Waals surface area (Å²) in [6, 6.07) is -0.413. The Balaban J connectivity index is 0.00000196. The number of likely N-dealkylation sites (N-methyl/N-ethyl adjacent to an activating group) is 1. The van der Waals surface area contributed by atoms with Crippen molar-refractivity contribution < 1.29 is 9.53 Å². The summed E-state index contributed by atoms with van der Waals surface area (Å²) in [6.07, 6.45) is 3.60. The van der Waals surface area contributed by atoms with E-state index in [1.54, 1.807) is 18.9 Å². The highest BCUT2D eigenvalue weighted by atomic mass is 35.5. The molecule has 5 heteroatoms. The molecule has 2 atom stereocenters. The first-order valence-electron chi connectivity index (χ1n) is 5.23. The molecule has 0 aliphatic carbocycles. The van der Waals surface area contributed by atoms with E-state index < -0.39 is 6.04 Å². The molecule has 1 fully saturated rings. The van der Waals surface area contributed by atoms with Gasteiger partial charge in [0.2, 0.25) is 5.91 Å². The maximum absolute atomic E-state index is 11.5. The van der Waals surface area contributed by atoms with Crippen molar-refractivity contribution in [3.05, 3.63) is 0 Å². The van der Waals surface area contributed by atoms with Crippen LogP contribution in [0.2, 0.25) is 0 Å². The van der Waals surface area contributed by atoms with E-state index in [1.807, 2.05) is 0 Å². The third kappa shape index (κ3) is 4.82. The molecule has 90 valence electrons. The Kier molecular flexibility index (Phi) is 6.89. The number of rotatable bonds is 3. The van der Waals surface area contributed by atoms with E-state index >= 15 is 0 Å². The Labute approximate surface area is 97.5 Å². The molecule has 4 nitrogen and oxygen atoms in total. The second-order valence-electron chi connectivity index (χ2n) is 4.00. The zero-order chi connectivity index (χ0) is 10.6. The van der Waals surface area contributed by atoms with Gasteiger partial charge in [-0.15, -0.1) is 12.4 Å². The summed E-state index contributed by atoms with van der Waals surface area (Å²) in [7, 11) is 1.78. The fourth-order valence-electron chi connectivity index (χ4n) is 1.69. The van der Waals surface area contributed by atoms with Gasteiger partial charge in [-0.2, -0.15) is 0 Å². The molecule has 1 aliphatic heterocycles. The van der Waals surface area contributed by atoms with Crippen LogP contribution in [0.3, 0.4) is 0 Å². The van der Waals surface area contributed by atoms with Gasteiger partial charge in [-0.1, -0.05) is 0 Å². The Bertz CT molecular complexity index is 194. The van der Waals surface area contributed by atoms with Crippen LogP contribution in [0.1, 0.15) is 26.2 Å². The van der Waals surface area contributed by atoms with E-state index in [1.165, 1.54) is 6.42 Å². The Morgan fingerprint density at radius 2 is 2.27 bits per heavy atom. The lowest BCUT2D eigenvalue weighted by molar-refractivity contribution is -0.133. The van der Waals surface area contributed by atoms with Gasteiger partial charge in [-0.05, 0) is 26.2 Å². The zero-order valence-corrected chi connectivity index (χ0v) is 10.3. The second kappa shape index (κ2) is 7.04. The molecule has 0 aromatic rings. The van der Waals surface area contributed by atoms with Crippen LogP contribution in [0.25, 0.3) is 0 Å². The Morgan fingerprint density at radius 1 is 1.60 bits per heavy atom. The van der Waals surface area contributed by atoms with Gasteiger partial charge in [0, 0.05) is 20.2 Å². The van der Waals surface area contributed by atoms with Crippen molar-refractivity contribution in [3.63, 3.8) is 0 Å². The topological polar surface area (TPSA) is 55.6 Å². The first-order valence-corrected chi connectivity index (χ1v) is 5.23. The predicted molar refractivity (Wildman–Crippen MR) is 62.1 cm³/mol. The lowest BCUT2D eigenvalue weighted by Crippen LogP contribution is -2.44. The number of nitrogens with zero attached hydrogens (tertiary/aromatic N) is 1. The molecule has 0 aromatic heterocycles. The number of amides is 1. The highest BCUT2D eigenvalue weighted by molar-refractivity contribution is 5.85. The van der Waals surface area contributed by atoms with Gasteiger partial charge in [0.05, 0.1) is 12.1 Å². The third-order valence-electron chi connectivity index (χ3n) is 2.52. The largest absolute Gasteiger partial charge is 0.376 e. The first kappa shape index (κ1) is 14.7. The lowest BCUT2D eigenvalue weighted by Gasteiger charge is -2.28. The summed E-state index contributed by atoms with van der Waals surface area (Å²) in [5, 5.41) is 0. The third-order valence-corrected chi connectivity index (χ3v) is 2.52. The summed E-state index contributed by atoms with van der Waals surface area (Å²) in [6.45, 7) is 3.20. The molecule has 1 saturated heterocycles. The van der Waals surface area contributed by atoms with Gasteiger partial charge in [-0.25, -0.2) is 0 Å². The van der Waals surface area contributed by atoms with Crippen LogP contribution in [0.15, 0.2) is 0 Å². The van der Waals surface area contributed by atoms with Crippen LogP contribution >= 0.6 is 12.4 Å². The van der Waals surface area contributed by atoms with Crippen molar-refractivity contribution in [2.75, 3.05) is 20.2 Å². The molecule has 1 amide bonds. The van der Waals surface area contributed by atoms with Crippen molar-refractivity contribution in [2.24, 2.45) is 5.73 Å². The molecule has 2 N–H and O–H groups in total. The smallest absolute Gasteiger partial charge is 0.239 e. The Hall–Kier alpha value is -0.320. The van der Waals surface area contributed by atoms with Crippen LogP contribution in [-0.4, -0.2) is 43.2 Å². The number of ether oxygens (including phenoxy) is 1. The fourth-order valence-corrected chi connectivity index (χ4v) is 1.69. The monoisotopic (exact) mass is 236 g/mol. The molecule has 0 saturated carbocycles. The molecule has 0 spiro atoms. The van der Waals surface area contributed by atoms with Crippen LogP contribution in [0, 0.1) is 0 Å². The number of hydrogen-bond acceptors (Lipinski definition) is 3. The number of hydrogen-bond donors (Lipinski definition) is 1. The van der Waals surface area contributed by atoms with Crippen molar-refractivity contribution in [2.45, 2.75) is 38.3 Å². The second-order valence-corrected chi connectivity index (χ2v) is 4.00. The van der Waals surface area contributed by atoms with Crippen LogP contribution in [0.4, 0.5) is 0 Å². The minimum atomic E-state index is -0.413. The normalized spacial score (nSPS) is 22.7. The van der Waals surface area contributed by atoms with E-state index in [4.69, 9.17) is 10.5 Å². The SMILES string of the molecule is C[C@H](N)C(=O)N(C)CC1CCCCO1.Cl. The molecule has 1 rings (SSSR count). The van der Waals surface area contributed by atoms with E-state index in [2.05, 4.69) is 0 Å². The quantitative estimate of drug-likeness (QED) is 0.788. The molecule has 0 radical (unpaired) electrons. The zero-order valence-electron chi connectivity index (χ0n) is 9.44. The van der Waals surface area contributed by atoms with Crippen molar-refractivity contribution in [1.82, 2.24) is 4.90 Å². The van der Waals surface area contributed by atoms with Gasteiger partial charge in [-0.3, -0.25) is 4.79 Å².